The Bertz CT molecular complexity index is 198. The van der Waals surface area contributed by atoms with Gasteiger partial charge in [0.25, 0.3) is 0 Å². The molecule has 0 amide bonds. The summed E-state index contributed by atoms with van der Waals surface area (Å²) in [5, 5.41) is 0. The summed E-state index contributed by atoms with van der Waals surface area (Å²) in [6.07, 6.45) is 2.95. The first kappa shape index (κ1) is 21.6. The second kappa shape index (κ2) is 13.4. The van der Waals surface area contributed by atoms with Crippen molar-refractivity contribution in [3.63, 3.8) is 0 Å². The zero-order valence-corrected chi connectivity index (χ0v) is 11.4. The highest BCUT2D eigenvalue weighted by atomic mass is 16.1. The Morgan fingerprint density at radius 1 is 1.00 bits per heavy atom. The Balaban J connectivity index is -0.000000224. The summed E-state index contributed by atoms with van der Waals surface area (Å²) in [4.78, 5) is 21.3. The maximum atomic E-state index is 10.9. The Morgan fingerprint density at radius 2 is 1.41 bits per heavy atom. The van der Waals surface area contributed by atoms with Crippen LogP contribution in [0.2, 0.25) is 0 Å². The van der Waals surface area contributed by atoms with Gasteiger partial charge in [-0.2, -0.15) is 0 Å². The number of Topliss-reactive ketones (excluding diaryl/α,β-unsaturated/α-hetero) is 2. The molecule has 0 fully saturated rings. The van der Waals surface area contributed by atoms with E-state index in [1.807, 2.05) is 27.7 Å². The molecule has 0 rings (SSSR count). The Labute approximate surface area is 107 Å². The fourth-order valence-corrected chi connectivity index (χ4v) is 0.875. The van der Waals surface area contributed by atoms with Crippen molar-refractivity contribution in [3.05, 3.63) is 0 Å². The summed E-state index contributed by atoms with van der Waals surface area (Å²) in [7, 11) is 0. The number of carbonyl (C=O) groups excluding carboxylic acids is 2. The molecule has 3 heteroatoms. The van der Waals surface area contributed by atoms with Crippen LogP contribution in [-0.4, -0.2) is 18.1 Å². The molecular formula is C14H31NO2. The predicted octanol–water partition coefficient (Wildman–Crippen LogP) is 3.21. The van der Waals surface area contributed by atoms with E-state index in [-0.39, 0.29) is 31.6 Å². The molecule has 0 saturated carbocycles. The third-order valence-corrected chi connectivity index (χ3v) is 2.27. The maximum absolute atomic E-state index is 10.9. The Morgan fingerprint density at radius 3 is 1.59 bits per heavy atom. The average Bonchev–Trinajstić information content (AvgIpc) is 2.25. The third-order valence-electron chi connectivity index (χ3n) is 2.27. The minimum Gasteiger partial charge on any atom is -0.324 e. The molecular weight excluding hydrogens is 214 g/mol. The molecule has 0 aliphatic carbocycles. The average molecular weight is 245 g/mol. The molecule has 0 aromatic carbocycles. The quantitative estimate of drug-likeness (QED) is 0.781. The Hall–Kier alpha value is -0.700. The first-order valence-corrected chi connectivity index (χ1v) is 6.12. The van der Waals surface area contributed by atoms with E-state index in [2.05, 4.69) is 6.92 Å². The third kappa shape index (κ3) is 15.3. The van der Waals surface area contributed by atoms with Crippen LogP contribution in [0.1, 0.15) is 61.3 Å². The van der Waals surface area contributed by atoms with Gasteiger partial charge in [-0.05, 0) is 6.42 Å². The molecule has 0 aliphatic heterocycles. The van der Waals surface area contributed by atoms with Crippen LogP contribution in [0.25, 0.3) is 0 Å². The van der Waals surface area contributed by atoms with Crippen molar-refractivity contribution in [2.45, 2.75) is 61.3 Å². The summed E-state index contributed by atoms with van der Waals surface area (Å²) in [5.41, 5.74) is 5.02. The van der Waals surface area contributed by atoms with E-state index in [9.17, 15) is 9.59 Å². The number of nitrogens with two attached hydrogens (primary N) is 1. The van der Waals surface area contributed by atoms with Crippen molar-refractivity contribution in [2.75, 3.05) is 6.54 Å². The van der Waals surface area contributed by atoms with Crippen molar-refractivity contribution >= 4 is 11.6 Å². The van der Waals surface area contributed by atoms with Gasteiger partial charge >= 0.3 is 0 Å². The standard InChI is InChI=1S/C8H16O.C5H11NO.CH4/c1-4-5-6-8(9)7(2)3;1-4(2)5(7)3-6;/h7H,4-6H2,1-3H3;4H,3,6H2,1-2H3;1H4. The SMILES string of the molecule is C.CC(C)C(=O)CN.CCCCC(=O)C(C)C. The van der Waals surface area contributed by atoms with Crippen molar-refractivity contribution in [3.8, 4) is 0 Å². The van der Waals surface area contributed by atoms with Gasteiger partial charge in [-0.3, -0.25) is 9.59 Å². The molecule has 0 aliphatic rings. The number of ketones is 2. The van der Waals surface area contributed by atoms with Gasteiger partial charge in [-0.15, -0.1) is 0 Å². The summed E-state index contributed by atoms with van der Waals surface area (Å²) < 4.78 is 0. The topological polar surface area (TPSA) is 60.2 Å². The molecule has 0 aromatic heterocycles. The number of unbranched alkanes of at least 4 members (excludes halogenated alkanes) is 1. The summed E-state index contributed by atoms with van der Waals surface area (Å²) >= 11 is 0. The van der Waals surface area contributed by atoms with Crippen LogP contribution in [0, 0.1) is 11.8 Å². The van der Waals surface area contributed by atoms with Crippen molar-refractivity contribution < 1.29 is 9.59 Å². The molecule has 2 N–H and O–H groups in total. The zero-order valence-electron chi connectivity index (χ0n) is 11.4. The number of hydrogen-bond donors (Lipinski definition) is 1. The van der Waals surface area contributed by atoms with Crippen LogP contribution in [0.5, 0.6) is 0 Å². The van der Waals surface area contributed by atoms with E-state index >= 15 is 0 Å². The van der Waals surface area contributed by atoms with Gasteiger partial charge in [0.05, 0.1) is 6.54 Å². The van der Waals surface area contributed by atoms with Crippen LogP contribution in [0.4, 0.5) is 0 Å². The van der Waals surface area contributed by atoms with Gasteiger partial charge in [0, 0.05) is 18.3 Å². The van der Waals surface area contributed by atoms with E-state index in [4.69, 9.17) is 5.73 Å². The van der Waals surface area contributed by atoms with E-state index in [1.165, 1.54) is 0 Å². The number of hydrogen-bond acceptors (Lipinski definition) is 3. The normalized spacial score (nSPS) is 9.41. The lowest BCUT2D eigenvalue weighted by molar-refractivity contribution is -0.122. The lowest BCUT2D eigenvalue weighted by Crippen LogP contribution is -2.18. The summed E-state index contributed by atoms with van der Waals surface area (Å²) in [6, 6.07) is 0. The smallest absolute Gasteiger partial charge is 0.148 e. The van der Waals surface area contributed by atoms with Gasteiger partial charge in [-0.1, -0.05) is 48.5 Å². The highest BCUT2D eigenvalue weighted by molar-refractivity contribution is 5.81. The van der Waals surface area contributed by atoms with Crippen molar-refractivity contribution in [2.24, 2.45) is 17.6 Å². The van der Waals surface area contributed by atoms with E-state index in [1.54, 1.807) is 0 Å². The van der Waals surface area contributed by atoms with Gasteiger partial charge in [0.2, 0.25) is 0 Å². The molecule has 3 nitrogen and oxygen atoms in total. The monoisotopic (exact) mass is 245 g/mol. The first-order chi connectivity index (χ1) is 7.36. The number of rotatable bonds is 6. The molecule has 104 valence electrons. The minimum atomic E-state index is 0. The molecule has 17 heavy (non-hydrogen) atoms. The predicted molar refractivity (Wildman–Crippen MR) is 75.0 cm³/mol. The first-order valence-electron chi connectivity index (χ1n) is 6.12. The van der Waals surface area contributed by atoms with Gasteiger partial charge < -0.3 is 5.73 Å². The molecule has 0 unspecified atom stereocenters. The van der Waals surface area contributed by atoms with E-state index < -0.39 is 0 Å². The largest absolute Gasteiger partial charge is 0.324 e. The fraction of sp³-hybridized carbons (Fsp3) is 0.857. The highest BCUT2D eigenvalue weighted by Gasteiger charge is 2.04. The van der Waals surface area contributed by atoms with Gasteiger partial charge in [0.15, 0.2) is 0 Å². The Kier molecular flexibility index (Phi) is 17.0. The van der Waals surface area contributed by atoms with Crippen LogP contribution in [-0.2, 0) is 9.59 Å². The molecule has 0 spiro atoms. The van der Waals surface area contributed by atoms with Gasteiger partial charge in [-0.25, -0.2) is 0 Å². The van der Waals surface area contributed by atoms with Crippen LogP contribution >= 0.6 is 0 Å². The minimum absolute atomic E-state index is 0. The lowest BCUT2D eigenvalue weighted by atomic mass is 10.0. The summed E-state index contributed by atoms with van der Waals surface area (Å²) in [6.45, 7) is 9.88. The number of carbonyl (C=O) groups is 2. The second-order valence-electron chi connectivity index (χ2n) is 4.55. The second-order valence-corrected chi connectivity index (χ2v) is 4.55. The van der Waals surface area contributed by atoms with Crippen LogP contribution < -0.4 is 5.73 Å². The summed E-state index contributed by atoms with van der Waals surface area (Å²) in [5.74, 6) is 0.860. The van der Waals surface area contributed by atoms with Crippen molar-refractivity contribution in [1.29, 1.82) is 0 Å². The fourth-order valence-electron chi connectivity index (χ4n) is 0.875. The van der Waals surface area contributed by atoms with Gasteiger partial charge in [0.1, 0.15) is 11.6 Å². The lowest BCUT2D eigenvalue weighted by Gasteiger charge is -2.00. The maximum Gasteiger partial charge on any atom is 0.148 e. The molecule has 0 aromatic rings. The zero-order chi connectivity index (χ0) is 13.1. The van der Waals surface area contributed by atoms with E-state index in [0.717, 1.165) is 19.3 Å². The molecule has 0 atom stereocenters. The van der Waals surface area contributed by atoms with Crippen LogP contribution in [0.3, 0.4) is 0 Å². The molecule has 0 saturated heterocycles. The van der Waals surface area contributed by atoms with E-state index in [0.29, 0.717) is 5.78 Å². The molecule has 0 radical (unpaired) electrons. The van der Waals surface area contributed by atoms with Crippen LogP contribution in [0.15, 0.2) is 0 Å². The van der Waals surface area contributed by atoms with Crippen molar-refractivity contribution in [1.82, 2.24) is 0 Å². The molecule has 0 bridgehead atoms. The highest BCUT2D eigenvalue weighted by Crippen LogP contribution is 2.02. The molecule has 0 heterocycles.